The normalized spacial score (nSPS) is 10.5. The Morgan fingerprint density at radius 2 is 2.07 bits per heavy atom. The van der Waals surface area contributed by atoms with E-state index in [2.05, 4.69) is 5.10 Å². The molecule has 0 spiro atoms. The molecule has 0 bridgehead atoms. The van der Waals surface area contributed by atoms with Gasteiger partial charge in [-0.15, -0.1) is 0 Å². The molecule has 0 fully saturated rings. The number of aromatic nitrogens is 3. The minimum atomic E-state index is 0.0325. The Morgan fingerprint density at radius 1 is 1.27 bits per heavy atom. The molecular formula is C11H13N3O. The minimum Gasteiger partial charge on any atom is -0.315 e. The van der Waals surface area contributed by atoms with Gasteiger partial charge >= 0.3 is 0 Å². The zero-order chi connectivity index (χ0) is 10.8. The van der Waals surface area contributed by atoms with Gasteiger partial charge in [-0.25, -0.2) is 0 Å². The maximum absolute atomic E-state index is 11.4. The summed E-state index contributed by atoms with van der Waals surface area (Å²) in [5.74, 6) is 0. The SMILES string of the molecule is CCn1cc(-c2cnn(C)c2)ccc1=O. The summed E-state index contributed by atoms with van der Waals surface area (Å²) < 4.78 is 3.43. The molecule has 2 aromatic heterocycles. The number of aryl methyl sites for hydroxylation is 2. The molecule has 0 aliphatic carbocycles. The van der Waals surface area contributed by atoms with E-state index in [1.54, 1.807) is 21.5 Å². The molecule has 0 aliphatic heterocycles. The van der Waals surface area contributed by atoms with Crippen molar-refractivity contribution in [3.63, 3.8) is 0 Å². The summed E-state index contributed by atoms with van der Waals surface area (Å²) in [5, 5.41) is 4.10. The quantitative estimate of drug-likeness (QED) is 0.737. The van der Waals surface area contributed by atoms with Gasteiger partial charge < -0.3 is 4.57 Å². The highest BCUT2D eigenvalue weighted by Gasteiger charge is 2.01. The van der Waals surface area contributed by atoms with Gasteiger partial charge in [0.2, 0.25) is 0 Å². The minimum absolute atomic E-state index is 0.0325. The van der Waals surface area contributed by atoms with Crippen LogP contribution in [0.25, 0.3) is 11.1 Å². The van der Waals surface area contributed by atoms with Gasteiger partial charge in [-0.3, -0.25) is 9.48 Å². The summed E-state index contributed by atoms with van der Waals surface area (Å²) in [5.41, 5.74) is 2.08. The Bertz CT molecular complexity index is 525. The highest BCUT2D eigenvalue weighted by Crippen LogP contribution is 2.15. The molecule has 0 radical (unpaired) electrons. The Hall–Kier alpha value is -1.84. The van der Waals surface area contributed by atoms with Crippen molar-refractivity contribution in [2.75, 3.05) is 0 Å². The average molecular weight is 203 g/mol. The number of rotatable bonds is 2. The van der Waals surface area contributed by atoms with Crippen LogP contribution in [0.2, 0.25) is 0 Å². The zero-order valence-electron chi connectivity index (χ0n) is 8.84. The molecular weight excluding hydrogens is 190 g/mol. The van der Waals surface area contributed by atoms with Crippen LogP contribution >= 0.6 is 0 Å². The maximum Gasteiger partial charge on any atom is 0.250 e. The standard InChI is InChI=1S/C11H13N3O/c1-3-14-8-9(4-5-11(14)15)10-6-12-13(2)7-10/h4-8H,3H2,1-2H3. The fourth-order valence-electron chi connectivity index (χ4n) is 1.52. The summed E-state index contributed by atoms with van der Waals surface area (Å²) in [6.45, 7) is 2.64. The van der Waals surface area contributed by atoms with Crippen LogP contribution in [-0.2, 0) is 13.6 Å². The predicted molar refractivity (Wildman–Crippen MR) is 58.6 cm³/mol. The second-order valence-corrected chi connectivity index (χ2v) is 3.44. The van der Waals surface area contributed by atoms with E-state index >= 15 is 0 Å². The van der Waals surface area contributed by atoms with E-state index in [1.165, 1.54) is 0 Å². The molecule has 2 rings (SSSR count). The summed E-state index contributed by atoms with van der Waals surface area (Å²) in [7, 11) is 1.87. The second kappa shape index (κ2) is 3.73. The third-order valence-corrected chi connectivity index (χ3v) is 2.36. The van der Waals surface area contributed by atoms with Gasteiger partial charge in [0, 0.05) is 43.2 Å². The fourth-order valence-corrected chi connectivity index (χ4v) is 1.52. The van der Waals surface area contributed by atoms with Crippen LogP contribution in [0.3, 0.4) is 0 Å². The molecule has 0 unspecified atom stereocenters. The molecule has 0 saturated carbocycles. The monoisotopic (exact) mass is 203 g/mol. The number of hydrogen-bond acceptors (Lipinski definition) is 2. The van der Waals surface area contributed by atoms with Crippen LogP contribution in [0, 0.1) is 0 Å². The van der Waals surface area contributed by atoms with Crippen LogP contribution in [0.15, 0.2) is 35.5 Å². The second-order valence-electron chi connectivity index (χ2n) is 3.44. The molecule has 0 N–H and O–H groups in total. The number of hydrogen-bond donors (Lipinski definition) is 0. The van der Waals surface area contributed by atoms with Crippen molar-refractivity contribution in [3.8, 4) is 11.1 Å². The van der Waals surface area contributed by atoms with E-state index in [-0.39, 0.29) is 5.56 Å². The summed E-state index contributed by atoms with van der Waals surface area (Å²) in [6, 6.07) is 3.41. The highest BCUT2D eigenvalue weighted by atomic mass is 16.1. The summed E-state index contributed by atoms with van der Waals surface area (Å²) in [4.78, 5) is 11.4. The molecule has 4 heteroatoms. The average Bonchev–Trinajstić information content (AvgIpc) is 2.66. The van der Waals surface area contributed by atoms with E-state index in [9.17, 15) is 4.79 Å². The van der Waals surface area contributed by atoms with Gasteiger partial charge in [0.25, 0.3) is 5.56 Å². The van der Waals surface area contributed by atoms with E-state index in [0.717, 1.165) is 11.1 Å². The smallest absolute Gasteiger partial charge is 0.250 e. The summed E-state index contributed by atoms with van der Waals surface area (Å²) >= 11 is 0. The molecule has 0 atom stereocenters. The fraction of sp³-hybridized carbons (Fsp3) is 0.273. The first kappa shape index (κ1) is 9.71. The van der Waals surface area contributed by atoms with Gasteiger partial charge in [0.1, 0.15) is 0 Å². The molecule has 0 saturated heterocycles. The number of pyridine rings is 1. The molecule has 0 amide bonds. The van der Waals surface area contributed by atoms with Crippen LogP contribution in [-0.4, -0.2) is 14.3 Å². The van der Waals surface area contributed by atoms with Crippen molar-refractivity contribution in [2.45, 2.75) is 13.5 Å². The van der Waals surface area contributed by atoms with Crippen LogP contribution in [0.4, 0.5) is 0 Å². The van der Waals surface area contributed by atoms with Gasteiger partial charge in [-0.1, -0.05) is 0 Å². The van der Waals surface area contributed by atoms with Crippen molar-refractivity contribution in [2.24, 2.45) is 7.05 Å². The molecule has 0 aromatic carbocycles. The largest absolute Gasteiger partial charge is 0.315 e. The molecule has 15 heavy (non-hydrogen) atoms. The van der Waals surface area contributed by atoms with Crippen molar-refractivity contribution >= 4 is 0 Å². The van der Waals surface area contributed by atoms with Crippen molar-refractivity contribution < 1.29 is 0 Å². The van der Waals surface area contributed by atoms with E-state index in [1.807, 2.05) is 32.4 Å². The number of nitrogens with zero attached hydrogens (tertiary/aromatic N) is 3. The van der Waals surface area contributed by atoms with Crippen LogP contribution in [0.1, 0.15) is 6.92 Å². The van der Waals surface area contributed by atoms with Crippen molar-refractivity contribution in [3.05, 3.63) is 41.1 Å². The third-order valence-electron chi connectivity index (χ3n) is 2.36. The first-order valence-corrected chi connectivity index (χ1v) is 4.90. The van der Waals surface area contributed by atoms with Crippen molar-refractivity contribution in [1.82, 2.24) is 14.3 Å². The lowest BCUT2D eigenvalue weighted by molar-refractivity contribution is 0.728. The topological polar surface area (TPSA) is 39.8 Å². The van der Waals surface area contributed by atoms with Crippen LogP contribution < -0.4 is 5.56 Å². The van der Waals surface area contributed by atoms with Gasteiger partial charge in [-0.05, 0) is 13.0 Å². The van der Waals surface area contributed by atoms with E-state index in [0.29, 0.717) is 6.54 Å². The molecule has 78 valence electrons. The predicted octanol–water partition coefficient (Wildman–Crippen LogP) is 1.27. The lowest BCUT2D eigenvalue weighted by atomic mass is 10.2. The van der Waals surface area contributed by atoms with Gasteiger partial charge in [0.05, 0.1) is 6.20 Å². The molecule has 0 aliphatic rings. The first-order valence-electron chi connectivity index (χ1n) is 4.90. The van der Waals surface area contributed by atoms with Crippen LogP contribution in [0.5, 0.6) is 0 Å². The van der Waals surface area contributed by atoms with Gasteiger partial charge in [-0.2, -0.15) is 5.10 Å². The van der Waals surface area contributed by atoms with E-state index in [4.69, 9.17) is 0 Å². The Kier molecular flexibility index (Phi) is 2.41. The molecule has 4 nitrogen and oxygen atoms in total. The zero-order valence-corrected chi connectivity index (χ0v) is 8.84. The molecule has 2 heterocycles. The third kappa shape index (κ3) is 1.83. The van der Waals surface area contributed by atoms with Gasteiger partial charge in [0.15, 0.2) is 0 Å². The summed E-state index contributed by atoms with van der Waals surface area (Å²) in [6.07, 6.45) is 5.58. The Labute approximate surface area is 87.8 Å². The Balaban J connectivity index is 2.50. The van der Waals surface area contributed by atoms with Crippen molar-refractivity contribution in [1.29, 1.82) is 0 Å². The lowest BCUT2D eigenvalue weighted by Crippen LogP contribution is -2.16. The lowest BCUT2D eigenvalue weighted by Gasteiger charge is -2.03. The highest BCUT2D eigenvalue weighted by molar-refractivity contribution is 5.60. The first-order chi connectivity index (χ1) is 7.20. The molecule has 2 aromatic rings. The van der Waals surface area contributed by atoms with E-state index < -0.39 is 0 Å². The maximum atomic E-state index is 11.4. The Morgan fingerprint density at radius 3 is 2.67 bits per heavy atom.